The second kappa shape index (κ2) is 5.02. The van der Waals surface area contributed by atoms with Gasteiger partial charge in [0.15, 0.2) is 0 Å². The smallest absolute Gasteiger partial charge is 0.0999 e. The number of nitrogens with zero attached hydrogens (tertiary/aromatic N) is 2. The van der Waals surface area contributed by atoms with Crippen LogP contribution >= 0.6 is 0 Å². The van der Waals surface area contributed by atoms with Gasteiger partial charge in [0.25, 0.3) is 0 Å². The Hall–Kier alpha value is -2.13. The van der Waals surface area contributed by atoms with Crippen molar-refractivity contribution in [2.24, 2.45) is 0 Å². The van der Waals surface area contributed by atoms with E-state index in [1.807, 2.05) is 35.5 Å². The first-order valence-corrected chi connectivity index (χ1v) is 5.98. The van der Waals surface area contributed by atoms with Gasteiger partial charge in [-0.15, -0.1) is 0 Å². The summed E-state index contributed by atoms with van der Waals surface area (Å²) in [4.78, 5) is 10.0. The fourth-order valence-electron chi connectivity index (χ4n) is 1.91. The summed E-state index contributed by atoms with van der Waals surface area (Å²) in [5.74, 6) is 0. The van der Waals surface area contributed by atoms with Crippen molar-refractivity contribution in [1.29, 1.82) is 0 Å². The van der Waals surface area contributed by atoms with Gasteiger partial charge in [-0.1, -0.05) is 42.5 Å². The minimum atomic E-state index is 0.577. The lowest BCUT2D eigenvalue weighted by Gasteiger charge is -2.20. The summed E-state index contributed by atoms with van der Waals surface area (Å²) in [5.41, 5.74) is 1.16. The average Bonchev–Trinajstić information content (AvgIpc) is 2.46. The van der Waals surface area contributed by atoms with E-state index in [4.69, 9.17) is 4.84 Å². The number of fused-ring (bicyclic) bond motifs is 1. The Morgan fingerprint density at radius 3 is 2.89 bits per heavy atom. The fourth-order valence-corrected chi connectivity index (χ4v) is 1.91. The maximum absolute atomic E-state index is 5.73. The third-order valence-electron chi connectivity index (χ3n) is 2.87. The van der Waals surface area contributed by atoms with E-state index >= 15 is 0 Å². The van der Waals surface area contributed by atoms with E-state index < -0.39 is 0 Å². The second-order valence-electron chi connectivity index (χ2n) is 4.17. The Kier molecular flexibility index (Phi) is 3.07. The van der Waals surface area contributed by atoms with E-state index in [1.165, 1.54) is 0 Å². The number of pyridine rings is 1. The Bertz CT molecular complexity index is 637. The maximum Gasteiger partial charge on any atom is 0.0999 e. The Balaban J connectivity index is 1.71. The molecule has 90 valence electrons. The van der Waals surface area contributed by atoms with Gasteiger partial charge >= 0.3 is 0 Å². The van der Waals surface area contributed by atoms with Gasteiger partial charge in [0.2, 0.25) is 0 Å². The van der Waals surface area contributed by atoms with Crippen LogP contribution in [0.5, 0.6) is 0 Å². The molecule has 0 bridgehead atoms. The predicted molar refractivity (Wildman–Crippen MR) is 70.4 cm³/mol. The van der Waals surface area contributed by atoms with Gasteiger partial charge in [-0.2, -0.15) is 0 Å². The van der Waals surface area contributed by atoms with Crippen LogP contribution in [-0.4, -0.2) is 16.6 Å². The normalized spacial score (nSPS) is 13.4. The van der Waals surface area contributed by atoms with Gasteiger partial charge in [-0.3, -0.25) is 14.9 Å². The van der Waals surface area contributed by atoms with Crippen LogP contribution in [0, 0.1) is 0 Å². The molecule has 3 nitrogen and oxygen atoms in total. The lowest BCUT2D eigenvalue weighted by Crippen LogP contribution is -2.37. The number of aromatic nitrogens is 1. The van der Waals surface area contributed by atoms with Crippen molar-refractivity contribution in [2.75, 3.05) is 6.54 Å². The van der Waals surface area contributed by atoms with Gasteiger partial charge < -0.3 is 0 Å². The van der Waals surface area contributed by atoms with E-state index in [1.54, 1.807) is 6.20 Å². The molecule has 0 amide bonds. The summed E-state index contributed by atoms with van der Waals surface area (Å²) in [6.07, 6.45) is 5.86. The van der Waals surface area contributed by atoms with Crippen LogP contribution < -0.4 is 10.6 Å². The molecule has 1 aromatic carbocycles. The topological polar surface area (TPSA) is 25.4 Å². The van der Waals surface area contributed by atoms with Crippen molar-refractivity contribution >= 4 is 12.3 Å². The van der Waals surface area contributed by atoms with Gasteiger partial charge in [0.1, 0.15) is 0 Å². The minimum absolute atomic E-state index is 0.577. The molecule has 1 aromatic heterocycles. The number of hydrogen-bond acceptors (Lipinski definition) is 3. The summed E-state index contributed by atoms with van der Waals surface area (Å²) in [6, 6.07) is 14.2. The standard InChI is InChI=1S/C15H14N2O/c1-2-5-13(6-3-1)12-18-17-10-8-14-7-4-9-16-15(14)11-17/h1-9,11H,10,12H2. The molecule has 3 heteroatoms. The third-order valence-corrected chi connectivity index (χ3v) is 2.87. The minimum Gasteiger partial charge on any atom is -0.269 e. The van der Waals surface area contributed by atoms with E-state index in [2.05, 4.69) is 29.3 Å². The van der Waals surface area contributed by atoms with Crippen LogP contribution in [0.15, 0.2) is 48.7 Å². The summed E-state index contributed by atoms with van der Waals surface area (Å²) in [5, 5.41) is 3.94. The molecule has 0 unspecified atom stereocenters. The number of hydroxylamine groups is 2. The zero-order valence-corrected chi connectivity index (χ0v) is 9.99. The molecule has 0 aliphatic carbocycles. The largest absolute Gasteiger partial charge is 0.269 e. The van der Waals surface area contributed by atoms with Crippen molar-refractivity contribution in [3.05, 3.63) is 64.8 Å². The van der Waals surface area contributed by atoms with Crippen LogP contribution in [-0.2, 0) is 11.4 Å². The zero-order chi connectivity index (χ0) is 12.2. The number of hydrogen-bond donors (Lipinski definition) is 0. The molecule has 0 saturated carbocycles. The number of benzene rings is 1. The Morgan fingerprint density at radius 2 is 2.00 bits per heavy atom. The van der Waals surface area contributed by atoms with E-state index in [9.17, 15) is 0 Å². The van der Waals surface area contributed by atoms with Crippen LogP contribution in [0.1, 0.15) is 5.56 Å². The SMILES string of the molecule is C1=c2cccnc2=CN(OCc2ccccc2)C1. The van der Waals surface area contributed by atoms with Crippen molar-refractivity contribution in [1.82, 2.24) is 10.0 Å². The molecule has 1 aliphatic heterocycles. The van der Waals surface area contributed by atoms with Gasteiger partial charge in [0.05, 0.1) is 24.7 Å². The summed E-state index contributed by atoms with van der Waals surface area (Å²) in [7, 11) is 0. The van der Waals surface area contributed by atoms with Crippen LogP contribution in [0.25, 0.3) is 12.3 Å². The molecule has 0 spiro atoms. The second-order valence-corrected chi connectivity index (χ2v) is 4.17. The molecule has 0 radical (unpaired) electrons. The monoisotopic (exact) mass is 238 g/mol. The van der Waals surface area contributed by atoms with Crippen molar-refractivity contribution in [3.8, 4) is 0 Å². The van der Waals surface area contributed by atoms with Crippen molar-refractivity contribution in [3.63, 3.8) is 0 Å². The first-order valence-electron chi connectivity index (χ1n) is 5.98. The van der Waals surface area contributed by atoms with Gasteiger partial charge in [-0.25, -0.2) is 0 Å². The number of rotatable bonds is 3. The molecular formula is C15H14N2O. The molecule has 1 aliphatic rings. The average molecular weight is 238 g/mol. The molecule has 0 atom stereocenters. The van der Waals surface area contributed by atoms with Crippen molar-refractivity contribution < 1.29 is 4.84 Å². The highest BCUT2D eigenvalue weighted by Crippen LogP contribution is 2.04. The molecule has 0 fully saturated rings. The van der Waals surface area contributed by atoms with E-state index in [0.717, 1.165) is 22.7 Å². The first kappa shape index (κ1) is 11.0. The molecule has 0 saturated heterocycles. The summed E-state index contributed by atoms with van der Waals surface area (Å²) < 4.78 is 0. The highest BCUT2D eigenvalue weighted by atomic mass is 16.7. The maximum atomic E-state index is 5.73. The summed E-state index contributed by atoms with van der Waals surface area (Å²) in [6.45, 7) is 1.33. The van der Waals surface area contributed by atoms with Crippen LogP contribution in [0.2, 0.25) is 0 Å². The predicted octanol–water partition coefficient (Wildman–Crippen LogP) is 1.05. The highest BCUT2D eigenvalue weighted by Gasteiger charge is 2.03. The highest BCUT2D eigenvalue weighted by molar-refractivity contribution is 5.34. The van der Waals surface area contributed by atoms with E-state index in [-0.39, 0.29) is 0 Å². The summed E-state index contributed by atoms with van der Waals surface area (Å²) >= 11 is 0. The molecule has 2 aromatic rings. The van der Waals surface area contributed by atoms with Gasteiger partial charge in [-0.05, 0) is 16.8 Å². The van der Waals surface area contributed by atoms with Crippen molar-refractivity contribution in [2.45, 2.75) is 6.61 Å². The lowest BCUT2D eigenvalue weighted by molar-refractivity contribution is -0.106. The quantitative estimate of drug-likeness (QED) is 0.799. The van der Waals surface area contributed by atoms with E-state index in [0.29, 0.717) is 6.61 Å². The molecule has 18 heavy (non-hydrogen) atoms. The molecule has 0 N–H and O–H groups in total. The Labute approximate surface area is 106 Å². The zero-order valence-electron chi connectivity index (χ0n) is 9.99. The van der Waals surface area contributed by atoms with Gasteiger partial charge in [0, 0.05) is 6.20 Å². The lowest BCUT2D eigenvalue weighted by atomic mass is 10.2. The van der Waals surface area contributed by atoms with Crippen LogP contribution in [0.3, 0.4) is 0 Å². The van der Waals surface area contributed by atoms with Crippen LogP contribution in [0.4, 0.5) is 0 Å². The molecule has 3 rings (SSSR count). The molecule has 2 heterocycles. The Morgan fingerprint density at radius 1 is 1.11 bits per heavy atom. The fraction of sp³-hybridized carbons (Fsp3) is 0.133. The molecular weight excluding hydrogens is 224 g/mol. The third kappa shape index (κ3) is 2.41. The first-order chi connectivity index (χ1) is 8.92.